The lowest BCUT2D eigenvalue weighted by Crippen LogP contribution is -2.13. The molecule has 2 atom stereocenters. The molecule has 1 heterocycles. The number of nitrogens with zero attached hydrogens (tertiary/aromatic N) is 2. The minimum atomic E-state index is -0.557. The highest BCUT2D eigenvalue weighted by atomic mass is 79.9. The van der Waals surface area contributed by atoms with Gasteiger partial charge in [-0.15, -0.1) is 0 Å². The summed E-state index contributed by atoms with van der Waals surface area (Å²) in [5, 5.41) is 13.5. The molecule has 0 aliphatic carbocycles. The topological polar surface area (TPSA) is 59.2 Å². The number of halogens is 2. The van der Waals surface area contributed by atoms with Crippen LogP contribution in [0.5, 0.6) is 0 Å². The molecule has 0 radical (unpaired) electrons. The number of hydrogen-bond donors (Lipinski definition) is 1. The van der Waals surface area contributed by atoms with E-state index in [1.54, 1.807) is 19.1 Å². The molecule has 0 amide bonds. The van der Waals surface area contributed by atoms with Crippen LogP contribution in [0.2, 0.25) is 0 Å². The van der Waals surface area contributed by atoms with Gasteiger partial charge in [-0.05, 0) is 47.5 Å². The number of benzene rings is 1. The van der Waals surface area contributed by atoms with Crippen molar-refractivity contribution in [3.8, 4) is 11.4 Å². The number of aliphatic hydroxyl groups is 1. The molecule has 2 rings (SSSR count). The van der Waals surface area contributed by atoms with Gasteiger partial charge in [-0.1, -0.05) is 12.1 Å². The largest absolute Gasteiger partial charge is 0.393 e. The van der Waals surface area contributed by atoms with Gasteiger partial charge in [0.1, 0.15) is 5.82 Å². The maximum atomic E-state index is 13.2. The fourth-order valence-electron chi connectivity index (χ4n) is 1.86. The van der Waals surface area contributed by atoms with Gasteiger partial charge in [0.15, 0.2) is 0 Å². The van der Waals surface area contributed by atoms with E-state index in [2.05, 4.69) is 26.1 Å². The van der Waals surface area contributed by atoms with Crippen molar-refractivity contribution in [2.45, 2.75) is 32.3 Å². The maximum Gasteiger partial charge on any atom is 0.232 e. The highest BCUT2D eigenvalue weighted by Crippen LogP contribution is 2.27. The summed E-state index contributed by atoms with van der Waals surface area (Å²) in [5.74, 6) is 0.246. The Kier molecular flexibility index (Phi) is 4.31. The van der Waals surface area contributed by atoms with Crippen molar-refractivity contribution in [3.05, 3.63) is 34.4 Å². The third-order valence-corrected chi connectivity index (χ3v) is 3.57. The van der Waals surface area contributed by atoms with Crippen LogP contribution in [-0.2, 0) is 0 Å². The minimum Gasteiger partial charge on any atom is -0.393 e. The van der Waals surface area contributed by atoms with Crippen LogP contribution < -0.4 is 0 Å². The van der Waals surface area contributed by atoms with Crippen molar-refractivity contribution in [3.63, 3.8) is 0 Å². The predicted octanol–water partition coefficient (Wildman–Crippen LogP) is 3.51. The molecule has 2 unspecified atom stereocenters. The summed E-state index contributed by atoms with van der Waals surface area (Å²) >= 11 is 3.11. The molecule has 1 aromatic heterocycles. The van der Waals surface area contributed by atoms with Crippen LogP contribution in [0.3, 0.4) is 0 Å². The smallest absolute Gasteiger partial charge is 0.232 e. The van der Waals surface area contributed by atoms with Gasteiger partial charge in [-0.3, -0.25) is 0 Å². The molecule has 0 aliphatic heterocycles. The fourth-order valence-corrected chi connectivity index (χ4v) is 2.24. The minimum absolute atomic E-state index is 0.190. The van der Waals surface area contributed by atoms with Crippen LogP contribution in [0.4, 0.5) is 4.39 Å². The van der Waals surface area contributed by atoms with E-state index in [4.69, 9.17) is 4.52 Å². The van der Waals surface area contributed by atoms with E-state index in [1.165, 1.54) is 6.07 Å². The van der Waals surface area contributed by atoms with E-state index in [0.717, 1.165) is 0 Å². The number of aliphatic hydroxyl groups excluding tert-OH is 1. The fraction of sp³-hybridized carbons (Fsp3) is 0.385. The Morgan fingerprint density at radius 2 is 2.21 bits per heavy atom. The van der Waals surface area contributed by atoms with Gasteiger partial charge in [0.25, 0.3) is 0 Å². The molecule has 1 aromatic carbocycles. The average Bonchev–Trinajstić information content (AvgIpc) is 2.82. The number of aromatic nitrogens is 2. The van der Waals surface area contributed by atoms with Crippen LogP contribution in [0.25, 0.3) is 11.4 Å². The standard InChI is InChI=1S/C13H14BrFN2O2/c1-3-9(7(2)18)13-16-12(17-19-13)8-4-5-11(15)10(14)6-8/h4-7,9,18H,3H2,1-2H3. The summed E-state index contributed by atoms with van der Waals surface area (Å²) in [6, 6.07) is 4.51. The zero-order chi connectivity index (χ0) is 14.0. The molecule has 1 N–H and O–H groups in total. The van der Waals surface area contributed by atoms with Gasteiger partial charge in [0.05, 0.1) is 16.5 Å². The first kappa shape index (κ1) is 14.1. The van der Waals surface area contributed by atoms with Crippen LogP contribution in [0, 0.1) is 5.82 Å². The molecule has 2 aromatic rings. The Balaban J connectivity index is 2.32. The SMILES string of the molecule is CCC(c1nc(-c2ccc(F)c(Br)c2)no1)C(C)O. The summed E-state index contributed by atoms with van der Waals surface area (Å²) < 4.78 is 18.7. The summed E-state index contributed by atoms with van der Waals surface area (Å²) in [6.07, 6.45) is 0.144. The van der Waals surface area contributed by atoms with Crippen LogP contribution in [0.1, 0.15) is 32.1 Å². The first-order chi connectivity index (χ1) is 9.02. The van der Waals surface area contributed by atoms with Crippen LogP contribution in [0.15, 0.2) is 27.2 Å². The third kappa shape index (κ3) is 3.01. The Morgan fingerprint density at radius 3 is 2.79 bits per heavy atom. The Labute approximate surface area is 118 Å². The molecule has 0 spiro atoms. The van der Waals surface area contributed by atoms with E-state index in [-0.39, 0.29) is 11.7 Å². The second-order valence-corrected chi connectivity index (χ2v) is 5.19. The van der Waals surface area contributed by atoms with E-state index in [9.17, 15) is 9.50 Å². The molecule has 0 saturated heterocycles. The second kappa shape index (κ2) is 5.79. The van der Waals surface area contributed by atoms with Gasteiger partial charge in [-0.25, -0.2) is 4.39 Å². The molecule has 0 aliphatic rings. The Bertz CT molecular complexity index is 572. The van der Waals surface area contributed by atoms with Crippen LogP contribution >= 0.6 is 15.9 Å². The van der Waals surface area contributed by atoms with Gasteiger partial charge >= 0.3 is 0 Å². The molecule has 0 bridgehead atoms. The zero-order valence-electron chi connectivity index (χ0n) is 10.6. The summed E-state index contributed by atoms with van der Waals surface area (Å²) in [6.45, 7) is 3.63. The molecule has 6 heteroatoms. The van der Waals surface area contributed by atoms with Gasteiger partial charge in [0, 0.05) is 5.56 Å². The first-order valence-corrected chi connectivity index (χ1v) is 6.79. The molecule has 0 fully saturated rings. The van der Waals surface area contributed by atoms with Crippen molar-refractivity contribution in [1.82, 2.24) is 10.1 Å². The molecular formula is C13H14BrFN2O2. The van der Waals surface area contributed by atoms with E-state index in [1.807, 2.05) is 6.92 Å². The van der Waals surface area contributed by atoms with E-state index < -0.39 is 6.10 Å². The second-order valence-electron chi connectivity index (χ2n) is 4.34. The quantitative estimate of drug-likeness (QED) is 0.932. The average molecular weight is 329 g/mol. The van der Waals surface area contributed by atoms with Crippen molar-refractivity contribution < 1.29 is 14.0 Å². The number of hydrogen-bond acceptors (Lipinski definition) is 4. The highest BCUT2D eigenvalue weighted by molar-refractivity contribution is 9.10. The van der Waals surface area contributed by atoms with Gasteiger partial charge < -0.3 is 9.63 Å². The Hall–Kier alpha value is -1.27. The van der Waals surface area contributed by atoms with Crippen molar-refractivity contribution >= 4 is 15.9 Å². The predicted molar refractivity (Wildman–Crippen MR) is 72.1 cm³/mol. The summed E-state index contributed by atoms with van der Waals surface area (Å²) in [4.78, 5) is 4.26. The summed E-state index contributed by atoms with van der Waals surface area (Å²) in [7, 11) is 0. The van der Waals surface area contributed by atoms with Gasteiger partial charge in [0.2, 0.25) is 11.7 Å². The third-order valence-electron chi connectivity index (χ3n) is 2.96. The number of rotatable bonds is 4. The molecule has 102 valence electrons. The lowest BCUT2D eigenvalue weighted by molar-refractivity contribution is 0.141. The van der Waals surface area contributed by atoms with Crippen molar-refractivity contribution in [2.75, 3.05) is 0 Å². The van der Waals surface area contributed by atoms with Crippen molar-refractivity contribution in [2.24, 2.45) is 0 Å². The molecular weight excluding hydrogens is 315 g/mol. The van der Waals surface area contributed by atoms with E-state index in [0.29, 0.717) is 28.2 Å². The van der Waals surface area contributed by atoms with Crippen LogP contribution in [-0.4, -0.2) is 21.4 Å². The molecule has 19 heavy (non-hydrogen) atoms. The zero-order valence-corrected chi connectivity index (χ0v) is 12.2. The first-order valence-electron chi connectivity index (χ1n) is 6.00. The van der Waals surface area contributed by atoms with Crippen molar-refractivity contribution in [1.29, 1.82) is 0 Å². The van der Waals surface area contributed by atoms with E-state index >= 15 is 0 Å². The monoisotopic (exact) mass is 328 g/mol. The summed E-state index contributed by atoms with van der Waals surface area (Å²) in [5.41, 5.74) is 0.656. The maximum absolute atomic E-state index is 13.2. The lowest BCUT2D eigenvalue weighted by atomic mass is 10.0. The van der Waals surface area contributed by atoms with Gasteiger partial charge in [-0.2, -0.15) is 4.98 Å². The molecule has 0 saturated carbocycles. The normalized spacial score (nSPS) is 14.4. The highest BCUT2D eigenvalue weighted by Gasteiger charge is 2.22. The Morgan fingerprint density at radius 1 is 1.47 bits per heavy atom. The molecule has 4 nitrogen and oxygen atoms in total. The lowest BCUT2D eigenvalue weighted by Gasteiger charge is -2.12.